The summed E-state index contributed by atoms with van der Waals surface area (Å²) in [7, 11) is 0. The number of aromatic nitrogens is 2. The van der Waals surface area contributed by atoms with E-state index >= 15 is 0 Å². The Labute approximate surface area is 193 Å². The van der Waals surface area contributed by atoms with Crippen LogP contribution in [0.25, 0.3) is 5.69 Å². The lowest BCUT2D eigenvalue weighted by molar-refractivity contribution is 0.286. The van der Waals surface area contributed by atoms with E-state index in [0.717, 1.165) is 11.5 Å². The Bertz CT molecular complexity index is 1250. The number of rotatable bonds is 5. The molecule has 1 saturated heterocycles. The van der Waals surface area contributed by atoms with Crippen molar-refractivity contribution < 1.29 is 4.42 Å². The zero-order chi connectivity index (χ0) is 22.2. The summed E-state index contributed by atoms with van der Waals surface area (Å²) in [5, 5.41) is 4.24. The van der Waals surface area contributed by atoms with Crippen molar-refractivity contribution in [3.8, 4) is 5.69 Å². The fourth-order valence-electron chi connectivity index (χ4n) is 4.74. The number of pyridine rings is 1. The maximum Gasteiger partial charge on any atom is 0.170 e. The summed E-state index contributed by atoms with van der Waals surface area (Å²) in [6.45, 7) is 7.07. The van der Waals surface area contributed by atoms with Crippen molar-refractivity contribution in [2.45, 2.75) is 39.4 Å². The van der Waals surface area contributed by atoms with E-state index < -0.39 is 0 Å². The highest BCUT2D eigenvalue weighted by molar-refractivity contribution is 7.80. The number of aryl methyl sites for hydroxylation is 2. The fraction of sp³-hybridized carbons (Fsp3) is 0.231. The second-order valence-corrected chi connectivity index (χ2v) is 8.72. The second-order valence-electron chi connectivity index (χ2n) is 8.33. The van der Waals surface area contributed by atoms with E-state index in [-0.39, 0.29) is 12.1 Å². The van der Waals surface area contributed by atoms with Crippen LogP contribution in [-0.2, 0) is 6.54 Å². The highest BCUT2D eigenvalue weighted by Crippen LogP contribution is 2.42. The van der Waals surface area contributed by atoms with Crippen LogP contribution in [0.5, 0.6) is 0 Å². The average Bonchev–Trinajstić information content (AvgIpc) is 3.48. The Hall–Kier alpha value is -3.38. The van der Waals surface area contributed by atoms with Crippen molar-refractivity contribution >= 4 is 17.3 Å². The average molecular weight is 443 g/mol. The second kappa shape index (κ2) is 8.28. The molecule has 6 heteroatoms. The molecule has 5 nitrogen and oxygen atoms in total. The molecule has 4 aromatic rings. The minimum atomic E-state index is -0.0508. The Balaban J connectivity index is 1.63. The number of hydrogen-bond donors (Lipinski definition) is 1. The number of benzene rings is 1. The lowest BCUT2D eigenvalue weighted by Gasteiger charge is -2.27. The highest BCUT2D eigenvalue weighted by atomic mass is 32.1. The van der Waals surface area contributed by atoms with Gasteiger partial charge in [0.05, 0.1) is 30.6 Å². The summed E-state index contributed by atoms with van der Waals surface area (Å²) in [5.41, 5.74) is 7.02. The SMILES string of the molecule is Cc1cccc(-n2c(C)cc([C@@H]3[C@H](c4ccccn4)NC(=S)N3Cc3ccco3)c2C)c1. The zero-order valence-electron chi connectivity index (χ0n) is 18.4. The molecule has 0 amide bonds. The van der Waals surface area contributed by atoms with Crippen LogP contribution in [0.4, 0.5) is 0 Å². The van der Waals surface area contributed by atoms with Gasteiger partial charge in [-0.05, 0) is 86.6 Å². The van der Waals surface area contributed by atoms with Crippen LogP contribution in [0.3, 0.4) is 0 Å². The van der Waals surface area contributed by atoms with Gasteiger partial charge < -0.3 is 19.2 Å². The molecule has 0 bridgehead atoms. The van der Waals surface area contributed by atoms with Crippen molar-refractivity contribution in [3.63, 3.8) is 0 Å². The Kier molecular flexibility index (Phi) is 5.31. The van der Waals surface area contributed by atoms with E-state index in [1.165, 1.54) is 28.2 Å². The van der Waals surface area contributed by atoms with Crippen LogP contribution in [-0.4, -0.2) is 19.6 Å². The number of nitrogens with one attached hydrogen (secondary N) is 1. The van der Waals surface area contributed by atoms with Gasteiger partial charge in [-0.15, -0.1) is 0 Å². The van der Waals surface area contributed by atoms with Gasteiger partial charge in [-0.25, -0.2) is 0 Å². The molecule has 3 aromatic heterocycles. The highest BCUT2D eigenvalue weighted by Gasteiger charge is 2.41. The molecule has 1 aliphatic rings. The molecule has 4 heterocycles. The van der Waals surface area contributed by atoms with Crippen molar-refractivity contribution in [3.05, 3.63) is 107 Å². The molecule has 0 saturated carbocycles. The van der Waals surface area contributed by atoms with E-state index in [0.29, 0.717) is 11.7 Å². The molecule has 2 atom stereocenters. The number of nitrogens with zero attached hydrogens (tertiary/aromatic N) is 3. The molecular formula is C26H26N4OS. The first kappa shape index (κ1) is 20.5. The van der Waals surface area contributed by atoms with Crippen LogP contribution in [0.15, 0.2) is 77.5 Å². The molecule has 32 heavy (non-hydrogen) atoms. The molecule has 1 N–H and O–H groups in total. The first-order valence-electron chi connectivity index (χ1n) is 10.8. The van der Waals surface area contributed by atoms with Crippen molar-refractivity contribution in [2.75, 3.05) is 0 Å². The lowest BCUT2D eigenvalue weighted by Crippen LogP contribution is -2.29. The topological polar surface area (TPSA) is 46.2 Å². The largest absolute Gasteiger partial charge is 0.467 e. The van der Waals surface area contributed by atoms with Gasteiger partial charge in [0.1, 0.15) is 5.76 Å². The molecule has 1 aliphatic heterocycles. The smallest absolute Gasteiger partial charge is 0.170 e. The Morgan fingerprint density at radius 3 is 2.62 bits per heavy atom. The van der Waals surface area contributed by atoms with Crippen molar-refractivity contribution in [2.24, 2.45) is 0 Å². The van der Waals surface area contributed by atoms with Gasteiger partial charge in [0, 0.05) is 23.3 Å². The number of furan rings is 1. The summed E-state index contributed by atoms with van der Waals surface area (Å²) in [6, 6.07) is 20.8. The molecule has 162 valence electrons. The minimum Gasteiger partial charge on any atom is -0.467 e. The first-order valence-corrected chi connectivity index (χ1v) is 11.2. The standard InChI is InChI=1S/C26H26N4OS/c1-17-8-6-9-20(14-17)30-18(2)15-22(19(30)3)25-24(23-11-4-5-12-27-23)28-26(32)29(25)16-21-10-7-13-31-21/h4-15,24-25H,16H2,1-3H3,(H,28,32)/t24-,25+/m0/s1. The van der Waals surface area contributed by atoms with Gasteiger partial charge >= 0.3 is 0 Å². The quantitative estimate of drug-likeness (QED) is 0.410. The third-order valence-electron chi connectivity index (χ3n) is 6.15. The Morgan fingerprint density at radius 2 is 1.91 bits per heavy atom. The maximum atomic E-state index is 5.80. The Morgan fingerprint density at radius 1 is 1.03 bits per heavy atom. The van der Waals surface area contributed by atoms with E-state index in [2.05, 4.69) is 76.9 Å². The molecular weight excluding hydrogens is 416 g/mol. The van der Waals surface area contributed by atoms with Gasteiger partial charge in [0.2, 0.25) is 0 Å². The number of hydrogen-bond acceptors (Lipinski definition) is 3. The number of thiocarbonyl (C=S) groups is 1. The van der Waals surface area contributed by atoms with Crippen LogP contribution in [0.2, 0.25) is 0 Å². The molecule has 0 radical (unpaired) electrons. The van der Waals surface area contributed by atoms with Crippen molar-refractivity contribution in [1.82, 2.24) is 19.8 Å². The maximum absolute atomic E-state index is 5.80. The van der Waals surface area contributed by atoms with E-state index in [1.807, 2.05) is 30.5 Å². The van der Waals surface area contributed by atoms with Crippen LogP contribution in [0.1, 0.15) is 46.1 Å². The van der Waals surface area contributed by atoms with E-state index in [1.54, 1.807) is 6.26 Å². The predicted molar refractivity (Wildman–Crippen MR) is 130 cm³/mol. The van der Waals surface area contributed by atoms with Crippen molar-refractivity contribution in [1.29, 1.82) is 0 Å². The van der Waals surface area contributed by atoms with Gasteiger partial charge in [0.25, 0.3) is 0 Å². The first-order chi connectivity index (χ1) is 15.5. The van der Waals surface area contributed by atoms with Crippen LogP contribution in [0, 0.1) is 20.8 Å². The predicted octanol–water partition coefficient (Wildman–Crippen LogP) is 5.56. The lowest BCUT2D eigenvalue weighted by atomic mass is 9.96. The van der Waals surface area contributed by atoms with E-state index in [4.69, 9.17) is 16.6 Å². The monoisotopic (exact) mass is 442 g/mol. The zero-order valence-corrected chi connectivity index (χ0v) is 19.3. The summed E-state index contributed by atoms with van der Waals surface area (Å²) in [4.78, 5) is 6.87. The summed E-state index contributed by atoms with van der Waals surface area (Å²) in [5.74, 6) is 0.883. The van der Waals surface area contributed by atoms with Gasteiger partial charge in [-0.3, -0.25) is 4.98 Å². The van der Waals surface area contributed by atoms with Gasteiger partial charge in [0.15, 0.2) is 5.11 Å². The third-order valence-corrected chi connectivity index (χ3v) is 6.51. The van der Waals surface area contributed by atoms with Crippen LogP contribution < -0.4 is 5.32 Å². The normalized spacial score (nSPS) is 18.2. The molecule has 1 fully saturated rings. The summed E-state index contributed by atoms with van der Waals surface area (Å²) in [6.07, 6.45) is 3.54. The van der Waals surface area contributed by atoms with Gasteiger partial charge in [-0.1, -0.05) is 18.2 Å². The summed E-state index contributed by atoms with van der Waals surface area (Å²) < 4.78 is 7.98. The minimum absolute atomic E-state index is 0.00717. The molecule has 1 aromatic carbocycles. The fourth-order valence-corrected chi connectivity index (χ4v) is 5.04. The van der Waals surface area contributed by atoms with Crippen LogP contribution >= 0.6 is 12.2 Å². The molecule has 0 spiro atoms. The molecule has 0 unspecified atom stereocenters. The molecule has 0 aliphatic carbocycles. The molecule has 5 rings (SSSR count). The summed E-state index contributed by atoms with van der Waals surface area (Å²) >= 11 is 5.80. The van der Waals surface area contributed by atoms with E-state index in [9.17, 15) is 0 Å². The third kappa shape index (κ3) is 3.60. The van der Waals surface area contributed by atoms with Gasteiger partial charge in [-0.2, -0.15) is 0 Å².